The number of amides is 1. The lowest BCUT2D eigenvalue weighted by Crippen LogP contribution is -2.51. The molecule has 3 atom stereocenters. The predicted octanol–water partition coefficient (Wildman–Crippen LogP) is 2.88. The zero-order chi connectivity index (χ0) is 19.7. The highest BCUT2D eigenvalue weighted by atomic mass is 32.2. The summed E-state index contributed by atoms with van der Waals surface area (Å²) in [6.07, 6.45) is -3.83. The summed E-state index contributed by atoms with van der Waals surface area (Å²) < 4.78 is 66.2. The van der Waals surface area contributed by atoms with E-state index >= 15 is 0 Å². The minimum absolute atomic E-state index is 0.289. The molecule has 26 heavy (non-hydrogen) atoms. The predicted molar refractivity (Wildman–Crippen MR) is 90.8 cm³/mol. The van der Waals surface area contributed by atoms with Gasteiger partial charge in [-0.1, -0.05) is 26.0 Å². The van der Waals surface area contributed by atoms with Crippen LogP contribution >= 0.6 is 0 Å². The molecule has 0 radical (unpaired) electrons. The summed E-state index contributed by atoms with van der Waals surface area (Å²) in [5.74, 6) is 0.145. The average Bonchev–Trinajstić information content (AvgIpc) is 2.52. The standard InChI is InChI=1S/C17H23F3N2O3S/c1-11-8-12(2)10-22(9-11)16(23)13(3)21-26(24,25)15-7-5-4-6-14(15)17(18,19)20/h4-7,11-13,21H,8-10H2,1-3H3. The number of rotatable bonds is 4. The number of carbonyl (C=O) groups excluding carboxylic acids is 1. The van der Waals surface area contributed by atoms with Crippen molar-refractivity contribution in [1.82, 2.24) is 9.62 Å². The smallest absolute Gasteiger partial charge is 0.341 e. The van der Waals surface area contributed by atoms with E-state index in [4.69, 9.17) is 0 Å². The Morgan fingerprint density at radius 3 is 2.27 bits per heavy atom. The van der Waals surface area contributed by atoms with Gasteiger partial charge < -0.3 is 4.90 Å². The van der Waals surface area contributed by atoms with Crippen molar-refractivity contribution in [2.45, 2.75) is 44.3 Å². The van der Waals surface area contributed by atoms with Crippen LogP contribution in [-0.4, -0.2) is 38.4 Å². The Hall–Kier alpha value is -1.61. The molecule has 0 aliphatic carbocycles. The third-order valence-electron chi connectivity index (χ3n) is 4.36. The number of nitrogens with one attached hydrogen (secondary N) is 1. The quantitative estimate of drug-likeness (QED) is 0.857. The molecule has 1 amide bonds. The van der Waals surface area contributed by atoms with Crippen LogP contribution in [0.15, 0.2) is 29.2 Å². The minimum atomic E-state index is -4.81. The molecule has 1 aliphatic rings. The molecule has 0 bridgehead atoms. The van der Waals surface area contributed by atoms with Crippen molar-refractivity contribution >= 4 is 15.9 Å². The second-order valence-corrected chi connectivity index (χ2v) is 8.71. The van der Waals surface area contributed by atoms with Gasteiger partial charge in [-0.05, 0) is 37.3 Å². The fourth-order valence-corrected chi connectivity index (χ4v) is 4.82. The van der Waals surface area contributed by atoms with Gasteiger partial charge in [0.2, 0.25) is 15.9 Å². The molecular formula is C17H23F3N2O3S. The van der Waals surface area contributed by atoms with E-state index in [1.165, 1.54) is 13.0 Å². The fourth-order valence-electron chi connectivity index (χ4n) is 3.40. The Morgan fingerprint density at radius 2 is 1.73 bits per heavy atom. The van der Waals surface area contributed by atoms with Crippen molar-refractivity contribution in [2.24, 2.45) is 11.8 Å². The van der Waals surface area contributed by atoms with Crippen molar-refractivity contribution < 1.29 is 26.4 Å². The summed E-state index contributed by atoms with van der Waals surface area (Å²) in [5, 5.41) is 0. The van der Waals surface area contributed by atoms with Crippen LogP contribution in [0.1, 0.15) is 32.8 Å². The molecule has 0 aromatic heterocycles. The van der Waals surface area contributed by atoms with Crippen LogP contribution in [0.25, 0.3) is 0 Å². The first-order valence-electron chi connectivity index (χ1n) is 8.39. The molecule has 1 N–H and O–H groups in total. The van der Waals surface area contributed by atoms with Crippen molar-refractivity contribution in [1.29, 1.82) is 0 Å². The Kier molecular flexibility index (Phi) is 6.02. The van der Waals surface area contributed by atoms with Crippen molar-refractivity contribution in [3.05, 3.63) is 29.8 Å². The Balaban J connectivity index is 2.20. The molecule has 2 rings (SSSR count). The lowest BCUT2D eigenvalue weighted by atomic mass is 9.91. The van der Waals surface area contributed by atoms with Crippen LogP contribution in [0.4, 0.5) is 13.2 Å². The summed E-state index contributed by atoms with van der Waals surface area (Å²) in [7, 11) is -4.50. The third-order valence-corrected chi connectivity index (χ3v) is 5.96. The minimum Gasteiger partial charge on any atom is -0.341 e. The highest BCUT2D eigenvalue weighted by molar-refractivity contribution is 7.89. The second-order valence-electron chi connectivity index (χ2n) is 7.03. The highest BCUT2D eigenvalue weighted by Crippen LogP contribution is 2.34. The van der Waals surface area contributed by atoms with Crippen LogP contribution in [0.3, 0.4) is 0 Å². The Morgan fingerprint density at radius 1 is 1.19 bits per heavy atom. The summed E-state index contributed by atoms with van der Waals surface area (Å²) >= 11 is 0. The topological polar surface area (TPSA) is 66.5 Å². The number of piperidine rings is 1. The highest BCUT2D eigenvalue weighted by Gasteiger charge is 2.38. The summed E-state index contributed by atoms with van der Waals surface area (Å²) in [6, 6.07) is 2.76. The molecule has 0 spiro atoms. The number of benzene rings is 1. The molecule has 0 saturated carbocycles. The van der Waals surface area contributed by atoms with Gasteiger partial charge in [-0.3, -0.25) is 4.79 Å². The van der Waals surface area contributed by atoms with E-state index in [1.54, 1.807) is 4.90 Å². The van der Waals surface area contributed by atoms with Gasteiger partial charge in [0.05, 0.1) is 16.5 Å². The van der Waals surface area contributed by atoms with E-state index in [9.17, 15) is 26.4 Å². The van der Waals surface area contributed by atoms with Gasteiger partial charge in [-0.25, -0.2) is 8.42 Å². The van der Waals surface area contributed by atoms with Crippen LogP contribution in [0, 0.1) is 11.8 Å². The molecular weight excluding hydrogens is 369 g/mol. The number of likely N-dealkylation sites (tertiary alicyclic amines) is 1. The molecule has 1 aromatic rings. The van der Waals surface area contributed by atoms with Gasteiger partial charge in [0, 0.05) is 13.1 Å². The molecule has 1 heterocycles. The lowest BCUT2D eigenvalue weighted by Gasteiger charge is -2.36. The number of halogens is 3. The van der Waals surface area contributed by atoms with Crippen LogP contribution in [-0.2, 0) is 21.0 Å². The van der Waals surface area contributed by atoms with E-state index < -0.39 is 38.6 Å². The first-order chi connectivity index (χ1) is 11.9. The Bertz CT molecular complexity index is 755. The fraction of sp³-hybridized carbons (Fsp3) is 0.588. The van der Waals surface area contributed by atoms with Gasteiger partial charge in [0.15, 0.2) is 0 Å². The number of sulfonamides is 1. The van der Waals surface area contributed by atoms with Gasteiger partial charge >= 0.3 is 6.18 Å². The maximum atomic E-state index is 13.1. The Labute approximate surface area is 151 Å². The number of carbonyl (C=O) groups is 1. The first-order valence-corrected chi connectivity index (χ1v) is 9.87. The average molecular weight is 392 g/mol. The second kappa shape index (κ2) is 7.56. The summed E-state index contributed by atoms with van der Waals surface area (Å²) in [5.41, 5.74) is -1.26. The number of hydrogen-bond donors (Lipinski definition) is 1. The normalized spacial score (nSPS) is 22.9. The monoisotopic (exact) mass is 392 g/mol. The van der Waals surface area contributed by atoms with Gasteiger partial charge in [0.25, 0.3) is 0 Å². The number of hydrogen-bond acceptors (Lipinski definition) is 3. The van der Waals surface area contributed by atoms with Gasteiger partial charge in [-0.2, -0.15) is 17.9 Å². The number of alkyl halides is 3. The van der Waals surface area contributed by atoms with Gasteiger partial charge in [-0.15, -0.1) is 0 Å². The first kappa shape index (κ1) is 20.7. The van der Waals surface area contributed by atoms with Crippen molar-refractivity contribution in [3.63, 3.8) is 0 Å². The summed E-state index contributed by atoms with van der Waals surface area (Å²) in [6.45, 7) is 6.37. The maximum Gasteiger partial charge on any atom is 0.417 e. The van der Waals surface area contributed by atoms with E-state index in [0.29, 0.717) is 19.2 Å². The lowest BCUT2D eigenvalue weighted by molar-refractivity contribution is -0.139. The largest absolute Gasteiger partial charge is 0.417 e. The van der Waals surface area contributed by atoms with Crippen molar-refractivity contribution in [3.8, 4) is 0 Å². The third kappa shape index (κ3) is 4.76. The van der Waals surface area contributed by atoms with E-state index in [-0.39, 0.29) is 11.8 Å². The molecule has 3 unspecified atom stereocenters. The van der Waals surface area contributed by atoms with Crippen LogP contribution < -0.4 is 4.72 Å². The van der Waals surface area contributed by atoms with E-state index in [0.717, 1.165) is 18.6 Å². The van der Waals surface area contributed by atoms with E-state index in [2.05, 4.69) is 4.72 Å². The van der Waals surface area contributed by atoms with Crippen molar-refractivity contribution in [2.75, 3.05) is 13.1 Å². The maximum absolute atomic E-state index is 13.1. The van der Waals surface area contributed by atoms with Gasteiger partial charge in [0.1, 0.15) is 0 Å². The molecule has 5 nitrogen and oxygen atoms in total. The number of nitrogens with zero attached hydrogens (tertiary/aromatic N) is 1. The van der Waals surface area contributed by atoms with Crippen LogP contribution in [0.2, 0.25) is 0 Å². The summed E-state index contributed by atoms with van der Waals surface area (Å²) in [4.78, 5) is 13.2. The molecule has 1 aromatic carbocycles. The molecule has 1 saturated heterocycles. The van der Waals surface area contributed by atoms with Crippen LogP contribution in [0.5, 0.6) is 0 Å². The van der Waals surface area contributed by atoms with E-state index in [1.807, 2.05) is 13.8 Å². The molecule has 146 valence electrons. The molecule has 9 heteroatoms. The molecule has 1 aliphatic heterocycles. The molecule has 1 fully saturated rings. The SMILES string of the molecule is CC1CC(C)CN(C(=O)C(C)NS(=O)(=O)c2ccccc2C(F)(F)F)C1. The zero-order valence-electron chi connectivity index (χ0n) is 14.9. The zero-order valence-corrected chi connectivity index (χ0v) is 15.7.